The molecule has 0 aliphatic heterocycles. The van der Waals surface area contributed by atoms with Gasteiger partial charge in [-0.2, -0.15) is 11.8 Å². The highest BCUT2D eigenvalue weighted by atomic mass is 32.2. The number of hydrogen-bond donors (Lipinski definition) is 2. The van der Waals surface area contributed by atoms with Gasteiger partial charge < -0.3 is 10.8 Å². The van der Waals surface area contributed by atoms with E-state index in [1.165, 1.54) is 5.56 Å². The number of nitrogens with two attached hydrogens (primary N) is 1. The summed E-state index contributed by atoms with van der Waals surface area (Å²) in [5.74, 6) is 1.74. The monoisotopic (exact) mass is 197 g/mol. The third-order valence-corrected chi connectivity index (χ3v) is 2.75. The van der Waals surface area contributed by atoms with Gasteiger partial charge in [-0.25, -0.2) is 0 Å². The summed E-state index contributed by atoms with van der Waals surface area (Å²) < 4.78 is 0. The molecule has 72 valence electrons. The Labute approximate surface area is 83.1 Å². The Hall–Kier alpha value is -0.670. The molecule has 0 aromatic heterocycles. The van der Waals surface area contributed by atoms with E-state index >= 15 is 0 Å². The Morgan fingerprint density at radius 2 is 2.00 bits per heavy atom. The SMILES string of the molecule is CSCC(CN)c1ccc(O)cc1. The fourth-order valence-corrected chi connectivity index (χ4v) is 1.98. The van der Waals surface area contributed by atoms with Gasteiger partial charge in [-0.05, 0) is 30.5 Å². The maximum atomic E-state index is 9.10. The van der Waals surface area contributed by atoms with Crippen molar-refractivity contribution < 1.29 is 5.11 Å². The third-order valence-electron chi connectivity index (χ3n) is 2.02. The van der Waals surface area contributed by atoms with E-state index in [0.717, 1.165) is 5.75 Å². The highest BCUT2D eigenvalue weighted by Crippen LogP contribution is 2.20. The first-order valence-corrected chi connectivity index (χ1v) is 5.65. The predicted octanol–water partition coefficient (Wildman–Crippen LogP) is 1.80. The highest BCUT2D eigenvalue weighted by molar-refractivity contribution is 7.98. The van der Waals surface area contributed by atoms with Crippen molar-refractivity contribution in [3.63, 3.8) is 0 Å². The smallest absolute Gasteiger partial charge is 0.115 e. The van der Waals surface area contributed by atoms with Crippen LogP contribution in [0.25, 0.3) is 0 Å². The minimum absolute atomic E-state index is 0.309. The molecule has 0 bridgehead atoms. The number of phenolic OH excluding ortho intramolecular Hbond substituents is 1. The second-order valence-corrected chi connectivity index (χ2v) is 3.89. The summed E-state index contributed by atoms with van der Waals surface area (Å²) in [6.07, 6.45) is 2.07. The first-order valence-electron chi connectivity index (χ1n) is 4.26. The normalized spacial score (nSPS) is 12.8. The Morgan fingerprint density at radius 3 is 2.46 bits per heavy atom. The largest absolute Gasteiger partial charge is 0.508 e. The van der Waals surface area contributed by atoms with Gasteiger partial charge in [0.2, 0.25) is 0 Å². The van der Waals surface area contributed by atoms with Crippen molar-refractivity contribution in [3.8, 4) is 5.75 Å². The fraction of sp³-hybridized carbons (Fsp3) is 0.400. The first-order chi connectivity index (χ1) is 6.27. The minimum Gasteiger partial charge on any atom is -0.508 e. The Kier molecular flexibility index (Phi) is 4.12. The van der Waals surface area contributed by atoms with E-state index < -0.39 is 0 Å². The molecule has 3 N–H and O–H groups in total. The van der Waals surface area contributed by atoms with Crippen molar-refractivity contribution in [1.29, 1.82) is 0 Å². The quantitative estimate of drug-likeness (QED) is 0.773. The number of hydrogen-bond acceptors (Lipinski definition) is 3. The van der Waals surface area contributed by atoms with Crippen molar-refractivity contribution in [2.75, 3.05) is 18.6 Å². The van der Waals surface area contributed by atoms with Crippen molar-refractivity contribution >= 4 is 11.8 Å². The molecule has 0 radical (unpaired) electrons. The van der Waals surface area contributed by atoms with Crippen molar-refractivity contribution in [2.45, 2.75) is 5.92 Å². The van der Waals surface area contributed by atoms with Gasteiger partial charge in [-0.15, -0.1) is 0 Å². The highest BCUT2D eigenvalue weighted by Gasteiger charge is 2.07. The molecule has 0 heterocycles. The zero-order valence-electron chi connectivity index (χ0n) is 7.73. The third kappa shape index (κ3) is 2.94. The van der Waals surface area contributed by atoms with E-state index in [1.807, 2.05) is 12.1 Å². The van der Waals surface area contributed by atoms with E-state index in [-0.39, 0.29) is 0 Å². The lowest BCUT2D eigenvalue weighted by molar-refractivity contribution is 0.475. The second kappa shape index (κ2) is 5.14. The molecule has 1 aromatic carbocycles. The van der Waals surface area contributed by atoms with Crippen molar-refractivity contribution in [1.82, 2.24) is 0 Å². The lowest BCUT2D eigenvalue weighted by Crippen LogP contribution is -2.14. The van der Waals surface area contributed by atoms with Crippen LogP contribution in [0.4, 0.5) is 0 Å². The molecule has 2 nitrogen and oxygen atoms in total. The van der Waals surface area contributed by atoms with Gasteiger partial charge >= 0.3 is 0 Å². The zero-order valence-corrected chi connectivity index (χ0v) is 8.55. The van der Waals surface area contributed by atoms with E-state index in [0.29, 0.717) is 18.2 Å². The maximum Gasteiger partial charge on any atom is 0.115 e. The molecule has 0 aliphatic rings. The standard InChI is InChI=1S/C10H15NOS/c1-13-7-9(6-11)8-2-4-10(12)5-3-8/h2-5,9,12H,6-7,11H2,1H3. The van der Waals surface area contributed by atoms with Gasteiger partial charge in [0.05, 0.1) is 0 Å². The van der Waals surface area contributed by atoms with Crippen LogP contribution < -0.4 is 5.73 Å². The molecule has 0 amide bonds. The molecule has 3 heteroatoms. The molecule has 1 atom stereocenters. The average molecular weight is 197 g/mol. The number of phenols is 1. The Morgan fingerprint density at radius 1 is 1.38 bits per heavy atom. The van der Waals surface area contributed by atoms with Gasteiger partial charge in [0, 0.05) is 11.7 Å². The summed E-state index contributed by atoms with van der Waals surface area (Å²) >= 11 is 1.79. The molecular weight excluding hydrogens is 182 g/mol. The van der Waals surface area contributed by atoms with Gasteiger partial charge in [-0.3, -0.25) is 0 Å². The fourth-order valence-electron chi connectivity index (χ4n) is 1.25. The molecule has 0 fully saturated rings. The molecular formula is C10H15NOS. The van der Waals surface area contributed by atoms with Crippen LogP contribution in [0.3, 0.4) is 0 Å². The molecule has 13 heavy (non-hydrogen) atoms. The number of aromatic hydroxyl groups is 1. The predicted molar refractivity (Wildman–Crippen MR) is 58.3 cm³/mol. The minimum atomic E-state index is 0.309. The van der Waals surface area contributed by atoms with E-state index in [1.54, 1.807) is 23.9 Å². The van der Waals surface area contributed by atoms with E-state index in [2.05, 4.69) is 6.26 Å². The van der Waals surface area contributed by atoms with Crippen LogP contribution in [-0.4, -0.2) is 23.7 Å². The summed E-state index contributed by atoms with van der Waals surface area (Å²) in [6, 6.07) is 7.28. The van der Waals surface area contributed by atoms with Crippen LogP contribution in [0.15, 0.2) is 24.3 Å². The van der Waals surface area contributed by atoms with Crippen LogP contribution in [-0.2, 0) is 0 Å². The molecule has 0 spiro atoms. The number of thioether (sulfide) groups is 1. The zero-order chi connectivity index (χ0) is 9.68. The van der Waals surface area contributed by atoms with Crippen molar-refractivity contribution in [3.05, 3.63) is 29.8 Å². The lowest BCUT2D eigenvalue weighted by atomic mass is 10.0. The maximum absolute atomic E-state index is 9.10. The lowest BCUT2D eigenvalue weighted by Gasteiger charge is -2.13. The summed E-state index contributed by atoms with van der Waals surface area (Å²) in [5.41, 5.74) is 6.86. The Bertz CT molecular complexity index is 248. The Balaban J connectivity index is 2.73. The second-order valence-electron chi connectivity index (χ2n) is 2.98. The number of benzene rings is 1. The van der Waals surface area contributed by atoms with Crippen LogP contribution in [0.1, 0.15) is 11.5 Å². The molecule has 0 aliphatic carbocycles. The average Bonchev–Trinajstić information content (AvgIpc) is 2.16. The van der Waals surface area contributed by atoms with Crippen LogP contribution in [0.2, 0.25) is 0 Å². The van der Waals surface area contributed by atoms with Crippen LogP contribution in [0, 0.1) is 0 Å². The van der Waals surface area contributed by atoms with E-state index in [4.69, 9.17) is 10.8 Å². The molecule has 1 aromatic rings. The topological polar surface area (TPSA) is 46.2 Å². The van der Waals surface area contributed by atoms with Crippen LogP contribution >= 0.6 is 11.8 Å². The van der Waals surface area contributed by atoms with Gasteiger partial charge in [0.25, 0.3) is 0 Å². The summed E-state index contributed by atoms with van der Waals surface area (Å²) in [7, 11) is 0. The summed E-state index contributed by atoms with van der Waals surface area (Å²) in [5, 5.41) is 9.10. The first kappa shape index (κ1) is 10.4. The van der Waals surface area contributed by atoms with Crippen molar-refractivity contribution in [2.24, 2.45) is 5.73 Å². The molecule has 1 rings (SSSR count). The summed E-state index contributed by atoms with van der Waals surface area (Å²) in [6.45, 7) is 0.658. The van der Waals surface area contributed by atoms with Gasteiger partial charge in [-0.1, -0.05) is 12.1 Å². The van der Waals surface area contributed by atoms with Gasteiger partial charge in [0.15, 0.2) is 0 Å². The summed E-state index contributed by atoms with van der Waals surface area (Å²) in [4.78, 5) is 0. The van der Waals surface area contributed by atoms with Gasteiger partial charge in [0.1, 0.15) is 5.75 Å². The van der Waals surface area contributed by atoms with Crippen LogP contribution in [0.5, 0.6) is 5.75 Å². The molecule has 1 unspecified atom stereocenters. The number of rotatable bonds is 4. The van der Waals surface area contributed by atoms with E-state index in [9.17, 15) is 0 Å². The molecule has 0 saturated carbocycles. The molecule has 0 saturated heterocycles.